The minimum Gasteiger partial charge on any atom is -0.457 e. The summed E-state index contributed by atoms with van der Waals surface area (Å²) in [6, 6.07) is 8.39. The van der Waals surface area contributed by atoms with E-state index in [0.717, 1.165) is 16.5 Å². The lowest BCUT2D eigenvalue weighted by molar-refractivity contribution is 0.0473. The number of nitrogens with zero attached hydrogens (tertiary/aromatic N) is 1. The highest BCUT2D eigenvalue weighted by Crippen LogP contribution is 2.22. The molecule has 1 aromatic carbocycles. The molecule has 5 nitrogen and oxygen atoms in total. The van der Waals surface area contributed by atoms with Crippen LogP contribution in [0.15, 0.2) is 51.9 Å². The Morgan fingerprint density at radius 1 is 1.22 bits per heavy atom. The molecule has 5 heteroatoms. The SMILES string of the molecule is Cc1cc2oc(=O)cc(COC(=O)c3cccnc3)c2cc1C. The molecule has 0 aliphatic carbocycles. The topological polar surface area (TPSA) is 69.4 Å². The van der Waals surface area contributed by atoms with Crippen molar-refractivity contribution in [3.8, 4) is 0 Å². The number of carbonyl (C=O) groups excluding carboxylic acids is 1. The predicted octanol–water partition coefficient (Wildman–Crippen LogP) is 3.16. The van der Waals surface area contributed by atoms with Crippen molar-refractivity contribution >= 4 is 16.9 Å². The second kappa shape index (κ2) is 6.04. The number of pyridine rings is 1. The van der Waals surface area contributed by atoms with Gasteiger partial charge < -0.3 is 9.15 Å². The Labute approximate surface area is 132 Å². The van der Waals surface area contributed by atoms with Gasteiger partial charge in [0, 0.05) is 29.4 Å². The molecule has 3 rings (SSSR count). The van der Waals surface area contributed by atoms with Crippen molar-refractivity contribution in [1.82, 2.24) is 4.98 Å². The van der Waals surface area contributed by atoms with Crippen LogP contribution in [0.5, 0.6) is 0 Å². The standard InChI is InChI=1S/C18H15NO4/c1-11-6-15-14(8-17(20)23-16(15)7-12(11)2)10-22-18(21)13-4-3-5-19-9-13/h3-9H,10H2,1-2H3. The number of aromatic nitrogens is 1. The van der Waals surface area contributed by atoms with Crippen LogP contribution in [0, 0.1) is 13.8 Å². The van der Waals surface area contributed by atoms with E-state index in [1.165, 1.54) is 12.3 Å². The Kier molecular flexibility index (Phi) is 3.93. The Balaban J connectivity index is 1.92. The van der Waals surface area contributed by atoms with Crippen LogP contribution >= 0.6 is 0 Å². The number of hydrogen-bond donors (Lipinski definition) is 0. The monoisotopic (exact) mass is 309 g/mol. The second-order valence-electron chi connectivity index (χ2n) is 5.34. The lowest BCUT2D eigenvalue weighted by atomic mass is 10.0. The maximum Gasteiger partial charge on any atom is 0.340 e. The molecule has 0 amide bonds. The molecule has 23 heavy (non-hydrogen) atoms. The first kappa shape index (κ1) is 15.0. The normalized spacial score (nSPS) is 10.7. The molecular formula is C18H15NO4. The molecule has 0 bridgehead atoms. The van der Waals surface area contributed by atoms with E-state index in [-0.39, 0.29) is 6.61 Å². The van der Waals surface area contributed by atoms with E-state index in [9.17, 15) is 9.59 Å². The highest BCUT2D eigenvalue weighted by molar-refractivity contribution is 5.89. The maximum absolute atomic E-state index is 12.0. The summed E-state index contributed by atoms with van der Waals surface area (Å²) in [7, 11) is 0. The van der Waals surface area contributed by atoms with E-state index < -0.39 is 11.6 Å². The molecule has 0 atom stereocenters. The Morgan fingerprint density at radius 3 is 2.74 bits per heavy atom. The third-order valence-corrected chi connectivity index (χ3v) is 3.70. The summed E-state index contributed by atoms with van der Waals surface area (Å²) in [4.78, 5) is 27.6. The van der Waals surface area contributed by atoms with E-state index in [1.807, 2.05) is 26.0 Å². The number of carbonyl (C=O) groups is 1. The second-order valence-corrected chi connectivity index (χ2v) is 5.34. The van der Waals surface area contributed by atoms with Gasteiger partial charge in [-0.1, -0.05) is 0 Å². The fourth-order valence-electron chi connectivity index (χ4n) is 2.31. The Morgan fingerprint density at radius 2 is 2.00 bits per heavy atom. The third-order valence-electron chi connectivity index (χ3n) is 3.70. The van der Waals surface area contributed by atoms with Gasteiger partial charge >= 0.3 is 11.6 Å². The molecule has 0 aliphatic heterocycles. The van der Waals surface area contributed by atoms with Gasteiger partial charge in [0.1, 0.15) is 12.2 Å². The van der Waals surface area contributed by atoms with Gasteiger partial charge in [-0.25, -0.2) is 9.59 Å². The van der Waals surface area contributed by atoms with Crippen LogP contribution < -0.4 is 5.63 Å². The molecule has 3 aromatic rings. The van der Waals surface area contributed by atoms with Crippen LogP contribution in [0.1, 0.15) is 27.0 Å². The van der Waals surface area contributed by atoms with Gasteiger partial charge in [0.2, 0.25) is 0 Å². The predicted molar refractivity (Wildman–Crippen MR) is 85.3 cm³/mol. The largest absolute Gasteiger partial charge is 0.457 e. The Hall–Kier alpha value is -2.95. The molecule has 0 saturated heterocycles. The van der Waals surface area contributed by atoms with E-state index in [4.69, 9.17) is 9.15 Å². The highest BCUT2D eigenvalue weighted by atomic mass is 16.5. The molecule has 0 radical (unpaired) electrons. The van der Waals surface area contributed by atoms with Gasteiger partial charge in [-0.3, -0.25) is 4.98 Å². The van der Waals surface area contributed by atoms with Crippen molar-refractivity contribution in [3.63, 3.8) is 0 Å². The first-order valence-corrected chi connectivity index (χ1v) is 7.16. The molecule has 116 valence electrons. The quantitative estimate of drug-likeness (QED) is 0.549. The summed E-state index contributed by atoms with van der Waals surface area (Å²) >= 11 is 0. The van der Waals surface area contributed by atoms with Crippen molar-refractivity contribution < 1.29 is 13.9 Å². The van der Waals surface area contributed by atoms with Crippen LogP contribution in [0.25, 0.3) is 11.0 Å². The molecular weight excluding hydrogens is 294 g/mol. The highest BCUT2D eigenvalue weighted by Gasteiger charge is 2.11. The molecule has 0 aliphatic rings. The smallest absolute Gasteiger partial charge is 0.340 e. The number of fused-ring (bicyclic) bond motifs is 1. The van der Waals surface area contributed by atoms with Crippen molar-refractivity contribution in [1.29, 1.82) is 0 Å². The third kappa shape index (κ3) is 3.13. The summed E-state index contributed by atoms with van der Waals surface area (Å²) in [5.74, 6) is -0.483. The zero-order valence-corrected chi connectivity index (χ0v) is 12.8. The van der Waals surface area contributed by atoms with Crippen molar-refractivity contribution in [2.75, 3.05) is 0 Å². The van der Waals surface area contributed by atoms with E-state index >= 15 is 0 Å². The number of benzene rings is 1. The molecule has 0 spiro atoms. The maximum atomic E-state index is 12.0. The van der Waals surface area contributed by atoms with Gasteiger partial charge in [0.15, 0.2) is 0 Å². The summed E-state index contributed by atoms with van der Waals surface area (Å²) in [5, 5.41) is 0.770. The van der Waals surface area contributed by atoms with Gasteiger partial charge in [0.25, 0.3) is 0 Å². The first-order chi connectivity index (χ1) is 11.0. The lowest BCUT2D eigenvalue weighted by Gasteiger charge is -2.09. The zero-order valence-electron chi connectivity index (χ0n) is 12.8. The molecule has 0 unspecified atom stereocenters. The Bertz CT molecular complexity index is 929. The average Bonchev–Trinajstić information content (AvgIpc) is 2.55. The van der Waals surface area contributed by atoms with Crippen LogP contribution in [0.3, 0.4) is 0 Å². The summed E-state index contributed by atoms with van der Waals surface area (Å²) in [6.45, 7) is 3.92. The number of ether oxygens (including phenoxy) is 1. The lowest BCUT2D eigenvalue weighted by Crippen LogP contribution is -2.08. The zero-order chi connectivity index (χ0) is 16.4. The summed E-state index contributed by atoms with van der Waals surface area (Å²) < 4.78 is 10.5. The fourth-order valence-corrected chi connectivity index (χ4v) is 2.31. The minimum absolute atomic E-state index is 0.00166. The van der Waals surface area contributed by atoms with Gasteiger partial charge in [0.05, 0.1) is 5.56 Å². The van der Waals surface area contributed by atoms with Crippen LogP contribution in [-0.4, -0.2) is 11.0 Å². The van der Waals surface area contributed by atoms with Crippen molar-refractivity contribution in [3.05, 3.63) is 75.4 Å². The van der Waals surface area contributed by atoms with E-state index in [0.29, 0.717) is 16.7 Å². The van der Waals surface area contributed by atoms with Crippen molar-refractivity contribution in [2.45, 2.75) is 20.5 Å². The summed E-state index contributed by atoms with van der Waals surface area (Å²) in [5.41, 5.74) is 3.13. The average molecular weight is 309 g/mol. The van der Waals surface area contributed by atoms with Gasteiger partial charge in [-0.15, -0.1) is 0 Å². The van der Waals surface area contributed by atoms with Gasteiger partial charge in [-0.05, 0) is 49.2 Å². The fraction of sp³-hybridized carbons (Fsp3) is 0.167. The minimum atomic E-state index is -0.483. The molecule has 2 heterocycles. The molecule has 0 N–H and O–H groups in total. The molecule has 2 aromatic heterocycles. The molecule has 0 fully saturated rings. The van der Waals surface area contributed by atoms with E-state index in [2.05, 4.69) is 4.98 Å². The number of esters is 1. The van der Waals surface area contributed by atoms with Gasteiger partial charge in [-0.2, -0.15) is 0 Å². The van der Waals surface area contributed by atoms with Crippen LogP contribution in [-0.2, 0) is 11.3 Å². The number of rotatable bonds is 3. The number of hydrogen-bond acceptors (Lipinski definition) is 5. The van der Waals surface area contributed by atoms with E-state index in [1.54, 1.807) is 18.3 Å². The van der Waals surface area contributed by atoms with Crippen LogP contribution in [0.4, 0.5) is 0 Å². The molecule has 0 saturated carbocycles. The first-order valence-electron chi connectivity index (χ1n) is 7.16. The van der Waals surface area contributed by atoms with Crippen molar-refractivity contribution in [2.24, 2.45) is 0 Å². The summed E-state index contributed by atoms with van der Waals surface area (Å²) in [6.07, 6.45) is 3.02. The number of aryl methyl sites for hydroxylation is 2. The van der Waals surface area contributed by atoms with Crippen LogP contribution in [0.2, 0.25) is 0 Å².